The van der Waals surface area contributed by atoms with Crippen LogP contribution in [0.5, 0.6) is 5.75 Å². The number of nitrogens with one attached hydrogen (secondary N) is 3. The second-order valence-electron chi connectivity index (χ2n) is 7.04. The Morgan fingerprint density at radius 3 is 2.71 bits per heavy atom. The van der Waals surface area contributed by atoms with Crippen molar-refractivity contribution in [3.8, 4) is 11.4 Å². The molecule has 11 heteroatoms. The first-order chi connectivity index (χ1) is 14.9. The molecule has 0 amide bonds. The lowest BCUT2D eigenvalue weighted by atomic mass is 10.1. The van der Waals surface area contributed by atoms with E-state index in [1.165, 1.54) is 0 Å². The first-order valence-electron chi connectivity index (χ1n) is 9.58. The zero-order chi connectivity index (χ0) is 22.0. The van der Waals surface area contributed by atoms with Gasteiger partial charge in [-0.15, -0.1) is 0 Å². The number of carboxylic acid groups (broad SMARTS) is 1. The van der Waals surface area contributed by atoms with Crippen LogP contribution in [0.2, 0.25) is 0 Å². The maximum atomic E-state index is 10.9. The Kier molecular flexibility index (Phi) is 6.07. The van der Waals surface area contributed by atoms with Gasteiger partial charge in [0.2, 0.25) is 0 Å². The Balaban J connectivity index is 1.42. The number of carboxylic acids is 1. The van der Waals surface area contributed by atoms with Gasteiger partial charge in [0.15, 0.2) is 16.3 Å². The van der Waals surface area contributed by atoms with Crippen molar-refractivity contribution in [2.24, 2.45) is 0 Å². The zero-order valence-corrected chi connectivity index (χ0v) is 18.0. The van der Waals surface area contributed by atoms with E-state index in [2.05, 4.69) is 15.5 Å². The quantitative estimate of drug-likeness (QED) is 0.257. The highest BCUT2D eigenvalue weighted by molar-refractivity contribution is 7.72. The topological polar surface area (TPSA) is 119 Å². The number of benzene rings is 2. The predicted octanol–water partition coefficient (Wildman–Crippen LogP) is 3.37. The lowest BCUT2D eigenvalue weighted by Gasteiger charge is -2.19. The second-order valence-corrected chi connectivity index (χ2v) is 7.81. The first kappa shape index (κ1) is 21.1. The third-order valence-electron chi connectivity index (χ3n) is 4.99. The molecule has 2 aromatic carbocycles. The number of hydrogen-bond acceptors (Lipinski definition) is 7. The number of H-pyrrole nitrogens is 2. The van der Waals surface area contributed by atoms with E-state index in [0.29, 0.717) is 28.4 Å². The molecule has 2 heterocycles. The minimum absolute atomic E-state index is 0.00404. The van der Waals surface area contributed by atoms with Gasteiger partial charge in [-0.25, -0.2) is 0 Å². The number of carbonyl (C=O) groups is 1. The van der Waals surface area contributed by atoms with Crippen LogP contribution < -0.4 is 15.0 Å². The van der Waals surface area contributed by atoms with Crippen molar-refractivity contribution >= 4 is 41.8 Å². The molecule has 4 rings (SSSR count). The lowest BCUT2D eigenvalue weighted by molar-refractivity contribution is -0.136. The fraction of sp³-hybridized carbons (Fsp3) is 0.250. The van der Waals surface area contributed by atoms with E-state index in [1.54, 1.807) is 10.6 Å². The summed E-state index contributed by atoms with van der Waals surface area (Å²) in [6.07, 6.45) is -0.630. The molecular weight excluding hydrogens is 438 g/mol. The van der Waals surface area contributed by atoms with E-state index >= 15 is 0 Å². The Labute approximate surface area is 187 Å². The third-order valence-corrected chi connectivity index (χ3v) is 5.56. The Morgan fingerprint density at radius 1 is 1.19 bits per heavy atom. The highest BCUT2D eigenvalue weighted by Gasteiger charge is 2.27. The molecule has 0 aliphatic carbocycles. The van der Waals surface area contributed by atoms with Crippen molar-refractivity contribution in [3.05, 3.63) is 57.6 Å². The molecule has 0 spiro atoms. The van der Waals surface area contributed by atoms with E-state index in [4.69, 9.17) is 34.3 Å². The van der Waals surface area contributed by atoms with Gasteiger partial charge in [0, 0.05) is 36.1 Å². The minimum atomic E-state index is -0.871. The number of fused-ring (bicyclic) bond motifs is 1. The van der Waals surface area contributed by atoms with Crippen molar-refractivity contribution in [2.45, 2.75) is 12.5 Å². The molecule has 5 N–H and O–H groups in total. The Morgan fingerprint density at radius 2 is 1.97 bits per heavy atom. The molecule has 0 bridgehead atoms. The minimum Gasteiger partial charge on any atom is -0.481 e. The largest absolute Gasteiger partial charge is 0.481 e. The highest BCUT2D eigenvalue weighted by atomic mass is 32.1. The van der Waals surface area contributed by atoms with Gasteiger partial charge in [0.1, 0.15) is 5.75 Å². The van der Waals surface area contributed by atoms with Crippen molar-refractivity contribution < 1.29 is 19.7 Å². The van der Waals surface area contributed by atoms with E-state index < -0.39 is 12.1 Å². The molecule has 3 aromatic rings. The SMILES string of the molecule is O=C(O)CCN1CC(O)c2ccc(OCNc3cccc(-n4c(=S)[nH][nH]c4=S)c3)cc21. The van der Waals surface area contributed by atoms with E-state index in [-0.39, 0.29) is 13.2 Å². The molecule has 1 aliphatic rings. The zero-order valence-electron chi connectivity index (χ0n) is 16.4. The smallest absolute Gasteiger partial charge is 0.305 e. The molecule has 1 aliphatic heterocycles. The van der Waals surface area contributed by atoms with Crippen LogP contribution >= 0.6 is 24.4 Å². The van der Waals surface area contributed by atoms with Crippen LogP contribution in [0.4, 0.5) is 11.4 Å². The summed E-state index contributed by atoms with van der Waals surface area (Å²) in [6, 6.07) is 13.0. The summed E-state index contributed by atoms with van der Waals surface area (Å²) in [5, 5.41) is 28.0. The van der Waals surface area contributed by atoms with Crippen molar-refractivity contribution in [1.82, 2.24) is 14.8 Å². The number of nitrogens with zero attached hydrogens (tertiary/aromatic N) is 2. The maximum Gasteiger partial charge on any atom is 0.305 e. The van der Waals surface area contributed by atoms with Crippen molar-refractivity contribution in [1.29, 1.82) is 0 Å². The van der Waals surface area contributed by atoms with Crippen LogP contribution in [-0.4, -0.2) is 50.8 Å². The fourth-order valence-corrected chi connectivity index (χ4v) is 4.07. The number of β-amino-alcohol motifs (C(OH)–C–C–N with tert-alkyl or cyclic N) is 1. The van der Waals surface area contributed by atoms with Crippen LogP contribution in [0, 0.1) is 9.54 Å². The third kappa shape index (κ3) is 4.63. The van der Waals surface area contributed by atoms with Gasteiger partial charge in [-0.1, -0.05) is 12.1 Å². The number of rotatable bonds is 8. The molecule has 0 saturated heterocycles. The summed E-state index contributed by atoms with van der Waals surface area (Å²) in [6.45, 7) is 0.921. The molecular formula is C20H21N5O4S2. The average molecular weight is 460 g/mol. The molecule has 0 saturated carbocycles. The van der Waals surface area contributed by atoms with Crippen LogP contribution in [0.15, 0.2) is 42.5 Å². The van der Waals surface area contributed by atoms with Gasteiger partial charge in [-0.3, -0.25) is 19.6 Å². The summed E-state index contributed by atoms with van der Waals surface area (Å²) in [4.78, 5) is 12.8. The van der Waals surface area contributed by atoms with Crippen LogP contribution in [0.3, 0.4) is 0 Å². The monoisotopic (exact) mass is 459 g/mol. The summed E-state index contributed by atoms with van der Waals surface area (Å²) in [7, 11) is 0. The van der Waals surface area contributed by atoms with Crippen LogP contribution in [0.1, 0.15) is 18.1 Å². The number of anilines is 2. The second kappa shape index (κ2) is 8.92. The van der Waals surface area contributed by atoms with Gasteiger partial charge in [0.05, 0.1) is 18.2 Å². The molecule has 162 valence electrons. The van der Waals surface area contributed by atoms with Crippen molar-refractivity contribution in [3.63, 3.8) is 0 Å². The fourth-order valence-electron chi connectivity index (χ4n) is 3.52. The van der Waals surface area contributed by atoms with Crippen LogP contribution in [-0.2, 0) is 4.79 Å². The number of hydrogen-bond donors (Lipinski definition) is 5. The van der Waals surface area contributed by atoms with E-state index in [1.807, 2.05) is 41.3 Å². The maximum absolute atomic E-state index is 10.9. The van der Waals surface area contributed by atoms with Gasteiger partial charge < -0.3 is 25.2 Å². The summed E-state index contributed by atoms with van der Waals surface area (Å²) < 4.78 is 8.50. The van der Waals surface area contributed by atoms with Gasteiger partial charge in [0.25, 0.3) is 0 Å². The summed E-state index contributed by atoms with van der Waals surface area (Å²) >= 11 is 10.5. The number of aliphatic carboxylic acids is 1. The Hall–Kier alpha value is -3.15. The number of aliphatic hydroxyl groups excluding tert-OH is 1. The Bertz CT molecular complexity index is 1190. The number of aromatic amines is 2. The summed E-state index contributed by atoms with van der Waals surface area (Å²) in [5.74, 6) is -0.254. The molecule has 1 atom stereocenters. The van der Waals surface area contributed by atoms with E-state index in [9.17, 15) is 9.90 Å². The van der Waals surface area contributed by atoms with E-state index in [0.717, 1.165) is 22.6 Å². The molecule has 0 fully saturated rings. The van der Waals surface area contributed by atoms with Gasteiger partial charge >= 0.3 is 5.97 Å². The van der Waals surface area contributed by atoms with Gasteiger partial charge in [-0.05, 0) is 48.7 Å². The van der Waals surface area contributed by atoms with Crippen LogP contribution in [0.25, 0.3) is 5.69 Å². The molecule has 31 heavy (non-hydrogen) atoms. The normalized spacial score (nSPS) is 15.0. The van der Waals surface area contributed by atoms with Gasteiger partial charge in [-0.2, -0.15) is 0 Å². The predicted molar refractivity (Wildman–Crippen MR) is 121 cm³/mol. The number of ether oxygens (including phenoxy) is 1. The average Bonchev–Trinajstić information content (AvgIpc) is 3.25. The number of aromatic nitrogens is 3. The molecule has 9 nitrogen and oxygen atoms in total. The number of aliphatic hydroxyl groups is 1. The molecule has 0 radical (unpaired) electrons. The molecule has 1 aromatic heterocycles. The highest BCUT2D eigenvalue weighted by Crippen LogP contribution is 2.37. The standard InChI is InChI=1S/C20H21N5O4S2/c26-17-10-24(7-6-18(27)28)16-9-14(4-5-15(16)17)29-11-21-12-2-1-3-13(8-12)25-19(30)22-23-20(25)31/h1-5,8-9,17,21,26H,6-7,10-11H2,(H,22,30)(H,23,31)(H,27,28). The first-order valence-corrected chi connectivity index (χ1v) is 10.4. The summed E-state index contributed by atoms with van der Waals surface area (Å²) in [5.41, 5.74) is 3.22. The van der Waals surface area contributed by atoms with Crippen molar-refractivity contribution in [2.75, 3.05) is 30.0 Å². The lowest BCUT2D eigenvalue weighted by Crippen LogP contribution is -2.24. The molecule has 1 unspecified atom stereocenters.